The Morgan fingerprint density at radius 3 is 2.64 bits per heavy atom. The first-order chi connectivity index (χ1) is 6.74. The number of methoxy groups -OCH3 is 2. The zero-order valence-electron chi connectivity index (χ0n) is 8.50. The summed E-state index contributed by atoms with van der Waals surface area (Å²) < 4.78 is 10.1. The van der Waals surface area contributed by atoms with Crippen LogP contribution < -0.4 is 14.8 Å². The molecule has 14 heavy (non-hydrogen) atoms. The molecule has 5 nitrogen and oxygen atoms in total. The summed E-state index contributed by atoms with van der Waals surface area (Å²) in [4.78, 5) is 3.89. The van der Waals surface area contributed by atoms with E-state index in [4.69, 9.17) is 9.47 Å². The van der Waals surface area contributed by atoms with Gasteiger partial charge in [0.25, 0.3) is 5.88 Å². The molecule has 1 rings (SSSR count). The van der Waals surface area contributed by atoms with Crippen molar-refractivity contribution in [3.63, 3.8) is 0 Å². The first-order valence-electron chi connectivity index (χ1n) is 4.18. The third kappa shape index (κ3) is 1.88. The molecule has 2 N–H and O–H groups in total. The van der Waals surface area contributed by atoms with Crippen LogP contribution in [0.25, 0.3) is 0 Å². The summed E-state index contributed by atoms with van der Waals surface area (Å²) in [6.07, 6.45) is 1.34. The van der Waals surface area contributed by atoms with Crippen LogP contribution in [-0.4, -0.2) is 31.4 Å². The van der Waals surface area contributed by atoms with E-state index in [-0.39, 0.29) is 5.75 Å². The highest BCUT2D eigenvalue weighted by Gasteiger charge is 2.14. The lowest BCUT2D eigenvalue weighted by atomic mass is 10.2. The fourth-order valence-corrected chi connectivity index (χ4v) is 1.21. The van der Waals surface area contributed by atoms with E-state index in [0.29, 0.717) is 23.7 Å². The van der Waals surface area contributed by atoms with Gasteiger partial charge in [-0.15, -0.1) is 0 Å². The molecule has 1 aromatic heterocycles. The van der Waals surface area contributed by atoms with Gasteiger partial charge in [0.2, 0.25) is 0 Å². The van der Waals surface area contributed by atoms with Crippen molar-refractivity contribution in [3.8, 4) is 17.4 Å². The highest BCUT2D eigenvalue weighted by Crippen LogP contribution is 2.34. The Bertz CT molecular complexity index is 315. The highest BCUT2D eigenvalue weighted by molar-refractivity contribution is 5.48. The maximum Gasteiger partial charge on any atom is 0.257 e. The number of hydrogen-bond acceptors (Lipinski definition) is 5. The first-order valence-corrected chi connectivity index (χ1v) is 4.18. The van der Waals surface area contributed by atoms with Crippen LogP contribution in [0.15, 0.2) is 6.20 Å². The molecular formula is C9H14N2O3. The summed E-state index contributed by atoms with van der Waals surface area (Å²) in [5.41, 5.74) is 0.641. The number of aromatic hydroxyl groups is 1. The highest BCUT2D eigenvalue weighted by atomic mass is 16.5. The zero-order valence-corrected chi connectivity index (χ0v) is 8.50. The van der Waals surface area contributed by atoms with Crippen molar-refractivity contribution in [2.45, 2.75) is 6.54 Å². The van der Waals surface area contributed by atoms with Gasteiger partial charge in [0.1, 0.15) is 5.75 Å². The monoisotopic (exact) mass is 198 g/mol. The van der Waals surface area contributed by atoms with Crippen molar-refractivity contribution in [1.82, 2.24) is 10.3 Å². The lowest BCUT2D eigenvalue weighted by Gasteiger charge is -2.12. The van der Waals surface area contributed by atoms with Gasteiger partial charge >= 0.3 is 0 Å². The van der Waals surface area contributed by atoms with Crippen LogP contribution in [0.3, 0.4) is 0 Å². The third-order valence-electron chi connectivity index (χ3n) is 1.83. The topological polar surface area (TPSA) is 63.6 Å². The Morgan fingerprint density at radius 2 is 2.14 bits per heavy atom. The fourth-order valence-electron chi connectivity index (χ4n) is 1.21. The smallest absolute Gasteiger partial charge is 0.257 e. The van der Waals surface area contributed by atoms with Crippen molar-refractivity contribution in [2.24, 2.45) is 0 Å². The van der Waals surface area contributed by atoms with Crippen LogP contribution in [-0.2, 0) is 6.54 Å². The molecule has 0 fully saturated rings. The fraction of sp³-hybridized carbons (Fsp3) is 0.444. The lowest BCUT2D eigenvalue weighted by Crippen LogP contribution is -2.08. The van der Waals surface area contributed by atoms with Crippen molar-refractivity contribution in [2.75, 3.05) is 21.3 Å². The van der Waals surface area contributed by atoms with Gasteiger partial charge in [-0.1, -0.05) is 0 Å². The quantitative estimate of drug-likeness (QED) is 0.738. The zero-order chi connectivity index (χ0) is 10.6. The minimum atomic E-state index is 0.0944. The molecule has 0 aromatic carbocycles. The summed E-state index contributed by atoms with van der Waals surface area (Å²) >= 11 is 0. The summed E-state index contributed by atoms with van der Waals surface area (Å²) in [6.45, 7) is 0.494. The predicted octanol–water partition coefficient (Wildman–Crippen LogP) is 0.524. The number of nitrogens with one attached hydrogen (secondary N) is 1. The molecule has 1 aromatic rings. The van der Waals surface area contributed by atoms with Gasteiger partial charge in [0.05, 0.1) is 26.0 Å². The molecule has 0 spiro atoms. The van der Waals surface area contributed by atoms with E-state index in [0.717, 1.165) is 0 Å². The van der Waals surface area contributed by atoms with Gasteiger partial charge in [-0.05, 0) is 7.05 Å². The van der Waals surface area contributed by atoms with E-state index in [1.165, 1.54) is 20.4 Å². The minimum Gasteiger partial charge on any atom is -0.506 e. The Hall–Kier alpha value is -1.49. The molecule has 0 aliphatic rings. The van der Waals surface area contributed by atoms with Crippen LogP contribution in [0.4, 0.5) is 0 Å². The maximum atomic E-state index is 9.54. The Kier molecular flexibility index (Phi) is 3.53. The van der Waals surface area contributed by atoms with Gasteiger partial charge in [-0.3, -0.25) is 0 Å². The van der Waals surface area contributed by atoms with Gasteiger partial charge in [0, 0.05) is 6.54 Å². The van der Waals surface area contributed by atoms with Gasteiger partial charge < -0.3 is 19.9 Å². The van der Waals surface area contributed by atoms with E-state index in [2.05, 4.69) is 10.3 Å². The van der Waals surface area contributed by atoms with Crippen LogP contribution in [0.5, 0.6) is 17.4 Å². The van der Waals surface area contributed by atoms with Crippen LogP contribution in [0.1, 0.15) is 5.56 Å². The second-order valence-corrected chi connectivity index (χ2v) is 2.69. The standard InChI is InChI=1S/C9H14N2O3/c1-10-4-6-7(12)5-11-9(14-3)8(6)13-2/h5,10,12H,4H2,1-3H3. The number of aromatic nitrogens is 1. The maximum absolute atomic E-state index is 9.54. The Labute approximate surface area is 82.7 Å². The van der Waals surface area contributed by atoms with E-state index in [1.54, 1.807) is 7.05 Å². The summed E-state index contributed by atoms with van der Waals surface area (Å²) in [5, 5.41) is 12.5. The largest absolute Gasteiger partial charge is 0.506 e. The second-order valence-electron chi connectivity index (χ2n) is 2.69. The van der Waals surface area contributed by atoms with Crippen molar-refractivity contribution < 1.29 is 14.6 Å². The van der Waals surface area contributed by atoms with Gasteiger partial charge in [-0.2, -0.15) is 0 Å². The van der Waals surface area contributed by atoms with Gasteiger partial charge in [0.15, 0.2) is 5.75 Å². The average molecular weight is 198 g/mol. The number of pyridine rings is 1. The Balaban J connectivity index is 3.20. The molecule has 0 aliphatic carbocycles. The van der Waals surface area contributed by atoms with E-state index in [9.17, 15) is 5.11 Å². The molecule has 1 heterocycles. The number of rotatable bonds is 4. The predicted molar refractivity (Wildman–Crippen MR) is 51.8 cm³/mol. The third-order valence-corrected chi connectivity index (χ3v) is 1.83. The normalized spacial score (nSPS) is 9.93. The molecule has 0 radical (unpaired) electrons. The van der Waals surface area contributed by atoms with Crippen molar-refractivity contribution in [1.29, 1.82) is 0 Å². The molecule has 0 unspecified atom stereocenters. The SMILES string of the molecule is CNCc1c(O)cnc(OC)c1OC. The molecule has 0 atom stereocenters. The summed E-state index contributed by atoms with van der Waals surface area (Å²) in [6, 6.07) is 0. The van der Waals surface area contributed by atoms with E-state index < -0.39 is 0 Å². The molecule has 78 valence electrons. The molecule has 0 saturated heterocycles. The number of hydrogen-bond donors (Lipinski definition) is 2. The molecule has 0 saturated carbocycles. The van der Waals surface area contributed by atoms with E-state index in [1.807, 2.05) is 0 Å². The van der Waals surface area contributed by atoms with Crippen molar-refractivity contribution in [3.05, 3.63) is 11.8 Å². The van der Waals surface area contributed by atoms with Gasteiger partial charge in [-0.25, -0.2) is 4.98 Å². The van der Waals surface area contributed by atoms with Crippen LogP contribution >= 0.6 is 0 Å². The average Bonchev–Trinajstić information content (AvgIpc) is 2.21. The molecular weight excluding hydrogens is 184 g/mol. The number of nitrogens with zero attached hydrogens (tertiary/aromatic N) is 1. The van der Waals surface area contributed by atoms with Crippen LogP contribution in [0.2, 0.25) is 0 Å². The summed E-state index contributed by atoms with van der Waals surface area (Å²) in [7, 11) is 4.80. The molecule has 0 amide bonds. The number of ether oxygens (including phenoxy) is 2. The molecule has 5 heteroatoms. The first kappa shape index (κ1) is 10.6. The van der Waals surface area contributed by atoms with Crippen LogP contribution in [0, 0.1) is 0 Å². The van der Waals surface area contributed by atoms with E-state index >= 15 is 0 Å². The summed E-state index contributed by atoms with van der Waals surface area (Å²) in [5.74, 6) is 0.925. The van der Waals surface area contributed by atoms with Crippen molar-refractivity contribution >= 4 is 0 Å². The molecule has 0 bridgehead atoms. The lowest BCUT2D eigenvalue weighted by molar-refractivity contribution is 0.333. The minimum absolute atomic E-state index is 0.0944. The molecule has 0 aliphatic heterocycles. The Morgan fingerprint density at radius 1 is 1.43 bits per heavy atom. The second kappa shape index (κ2) is 4.66.